The first-order valence-corrected chi connectivity index (χ1v) is 6.92. The zero-order valence-electron chi connectivity index (χ0n) is 11.8. The van der Waals surface area contributed by atoms with Crippen molar-refractivity contribution in [1.82, 2.24) is 0 Å². The van der Waals surface area contributed by atoms with E-state index >= 15 is 0 Å². The Labute approximate surface area is 124 Å². The monoisotopic (exact) mass is 288 g/mol. The molecule has 0 amide bonds. The van der Waals surface area contributed by atoms with Crippen LogP contribution in [0.3, 0.4) is 0 Å². The van der Waals surface area contributed by atoms with Crippen molar-refractivity contribution in [2.24, 2.45) is 0 Å². The molecule has 0 aliphatic rings. The molecular formula is C17H17ClO2. The van der Waals surface area contributed by atoms with Gasteiger partial charge in [-0.3, -0.25) is 4.79 Å². The summed E-state index contributed by atoms with van der Waals surface area (Å²) in [6.45, 7) is 6.24. The molecule has 0 atom stereocenters. The first-order valence-electron chi connectivity index (χ1n) is 6.54. The third-order valence-electron chi connectivity index (χ3n) is 3.20. The van der Waals surface area contributed by atoms with E-state index in [9.17, 15) is 4.79 Å². The molecule has 0 N–H and O–H groups in total. The van der Waals surface area contributed by atoms with Gasteiger partial charge < -0.3 is 4.74 Å². The molecule has 0 saturated heterocycles. The van der Waals surface area contributed by atoms with Crippen LogP contribution < -0.4 is 4.74 Å². The highest BCUT2D eigenvalue weighted by molar-refractivity contribution is 6.30. The lowest BCUT2D eigenvalue weighted by atomic mass is 10.0. The average molecular weight is 289 g/mol. The molecule has 104 valence electrons. The van der Waals surface area contributed by atoms with Gasteiger partial charge in [0.1, 0.15) is 11.5 Å². The fraction of sp³-hybridized carbons (Fsp3) is 0.235. The fourth-order valence-electron chi connectivity index (χ4n) is 1.90. The summed E-state index contributed by atoms with van der Waals surface area (Å²) in [6, 6.07) is 11.1. The van der Waals surface area contributed by atoms with E-state index in [1.54, 1.807) is 18.2 Å². The topological polar surface area (TPSA) is 26.3 Å². The number of hydrogen-bond donors (Lipinski definition) is 0. The van der Waals surface area contributed by atoms with Gasteiger partial charge in [-0.15, -0.1) is 0 Å². The molecule has 2 rings (SSSR count). The van der Waals surface area contributed by atoms with E-state index < -0.39 is 0 Å². The SMILES string of the molecule is Cc1ccc(C(C)C)cc1Oc1cc(Cl)ccc1C=O. The normalized spacial score (nSPS) is 10.7. The van der Waals surface area contributed by atoms with Crippen molar-refractivity contribution in [1.29, 1.82) is 0 Å². The van der Waals surface area contributed by atoms with Crippen LogP contribution in [-0.2, 0) is 0 Å². The molecule has 0 aliphatic carbocycles. The Kier molecular flexibility index (Phi) is 4.46. The summed E-state index contributed by atoms with van der Waals surface area (Å²) in [5, 5.41) is 0.545. The summed E-state index contributed by atoms with van der Waals surface area (Å²) >= 11 is 5.97. The predicted octanol–water partition coefficient (Wildman–Crippen LogP) is 5.38. The van der Waals surface area contributed by atoms with Crippen LogP contribution in [0.5, 0.6) is 11.5 Å². The van der Waals surface area contributed by atoms with Gasteiger partial charge in [0.15, 0.2) is 6.29 Å². The van der Waals surface area contributed by atoms with Crippen molar-refractivity contribution in [2.45, 2.75) is 26.7 Å². The third-order valence-corrected chi connectivity index (χ3v) is 3.44. The molecule has 2 aromatic carbocycles. The lowest BCUT2D eigenvalue weighted by molar-refractivity contribution is 0.112. The third kappa shape index (κ3) is 3.20. The molecule has 0 fully saturated rings. The van der Waals surface area contributed by atoms with Crippen molar-refractivity contribution >= 4 is 17.9 Å². The van der Waals surface area contributed by atoms with Crippen molar-refractivity contribution in [2.75, 3.05) is 0 Å². The lowest BCUT2D eigenvalue weighted by Gasteiger charge is -2.13. The van der Waals surface area contributed by atoms with Crippen molar-refractivity contribution in [3.8, 4) is 11.5 Å². The van der Waals surface area contributed by atoms with Gasteiger partial charge in [-0.1, -0.05) is 37.6 Å². The van der Waals surface area contributed by atoms with E-state index in [-0.39, 0.29) is 0 Å². The maximum absolute atomic E-state index is 11.1. The summed E-state index contributed by atoms with van der Waals surface area (Å²) in [5.41, 5.74) is 2.70. The van der Waals surface area contributed by atoms with Gasteiger partial charge in [0.2, 0.25) is 0 Å². The molecule has 0 aliphatic heterocycles. The summed E-state index contributed by atoms with van der Waals surface area (Å²) in [7, 11) is 0. The summed E-state index contributed by atoms with van der Waals surface area (Å²) in [5.74, 6) is 1.65. The van der Waals surface area contributed by atoms with Crippen LogP contribution in [0.25, 0.3) is 0 Å². The zero-order valence-corrected chi connectivity index (χ0v) is 12.6. The molecule has 2 aromatic rings. The number of rotatable bonds is 4. The first kappa shape index (κ1) is 14.6. The van der Waals surface area contributed by atoms with Crippen LogP contribution in [0.2, 0.25) is 5.02 Å². The second-order valence-electron chi connectivity index (χ2n) is 5.08. The maximum Gasteiger partial charge on any atom is 0.153 e. The highest BCUT2D eigenvalue weighted by Gasteiger charge is 2.09. The molecule has 20 heavy (non-hydrogen) atoms. The molecule has 2 nitrogen and oxygen atoms in total. The standard InChI is InChI=1S/C17H17ClO2/c1-11(2)13-5-4-12(3)16(8-13)20-17-9-15(18)7-6-14(17)10-19/h4-11H,1-3H3. The van der Waals surface area contributed by atoms with Crippen LogP contribution in [0.4, 0.5) is 0 Å². The average Bonchev–Trinajstić information content (AvgIpc) is 2.41. The summed E-state index contributed by atoms with van der Waals surface area (Å²) < 4.78 is 5.89. The van der Waals surface area contributed by atoms with Gasteiger partial charge in [-0.05, 0) is 42.2 Å². The molecule has 0 unspecified atom stereocenters. The second-order valence-corrected chi connectivity index (χ2v) is 5.52. The molecule has 0 radical (unpaired) electrons. The number of aldehydes is 1. The molecule has 0 spiro atoms. The second kappa shape index (κ2) is 6.10. The zero-order chi connectivity index (χ0) is 14.7. The lowest BCUT2D eigenvalue weighted by Crippen LogP contribution is -1.95. The minimum atomic E-state index is 0.419. The maximum atomic E-state index is 11.1. The van der Waals surface area contributed by atoms with Gasteiger partial charge in [0.05, 0.1) is 5.56 Å². The molecule has 3 heteroatoms. The number of carbonyl (C=O) groups excluding carboxylic acids is 1. The van der Waals surface area contributed by atoms with Crippen LogP contribution >= 0.6 is 11.6 Å². The van der Waals surface area contributed by atoms with E-state index in [1.807, 2.05) is 19.1 Å². The Morgan fingerprint density at radius 2 is 1.85 bits per heavy atom. The van der Waals surface area contributed by atoms with Gasteiger partial charge in [-0.2, -0.15) is 0 Å². The Morgan fingerprint density at radius 1 is 1.10 bits per heavy atom. The molecule has 0 bridgehead atoms. The minimum Gasteiger partial charge on any atom is -0.456 e. The molecular weight excluding hydrogens is 272 g/mol. The van der Waals surface area contributed by atoms with Crippen molar-refractivity contribution in [3.05, 3.63) is 58.1 Å². The Bertz CT molecular complexity index is 633. The van der Waals surface area contributed by atoms with E-state index in [4.69, 9.17) is 16.3 Å². The number of halogens is 1. The Hall–Kier alpha value is -1.80. The van der Waals surface area contributed by atoms with Gasteiger partial charge >= 0.3 is 0 Å². The minimum absolute atomic E-state index is 0.419. The van der Waals surface area contributed by atoms with Crippen molar-refractivity contribution in [3.63, 3.8) is 0 Å². The number of benzene rings is 2. The van der Waals surface area contributed by atoms with Gasteiger partial charge in [-0.25, -0.2) is 0 Å². The Morgan fingerprint density at radius 3 is 2.50 bits per heavy atom. The summed E-state index contributed by atoms with van der Waals surface area (Å²) in [4.78, 5) is 11.1. The van der Waals surface area contributed by atoms with Crippen LogP contribution in [0.15, 0.2) is 36.4 Å². The number of hydrogen-bond acceptors (Lipinski definition) is 2. The summed E-state index contributed by atoms with van der Waals surface area (Å²) in [6.07, 6.45) is 0.771. The molecule has 0 heterocycles. The largest absolute Gasteiger partial charge is 0.456 e. The van der Waals surface area contributed by atoms with E-state index in [2.05, 4.69) is 19.9 Å². The Balaban J connectivity index is 2.41. The smallest absolute Gasteiger partial charge is 0.153 e. The van der Waals surface area contributed by atoms with Crippen LogP contribution in [0, 0.1) is 6.92 Å². The number of aryl methyl sites for hydroxylation is 1. The quantitative estimate of drug-likeness (QED) is 0.706. The van der Waals surface area contributed by atoms with Gasteiger partial charge in [0, 0.05) is 11.1 Å². The first-order chi connectivity index (χ1) is 9.51. The highest BCUT2D eigenvalue weighted by atomic mass is 35.5. The molecule has 0 aromatic heterocycles. The van der Waals surface area contributed by atoms with Crippen molar-refractivity contribution < 1.29 is 9.53 Å². The van der Waals surface area contributed by atoms with E-state index in [0.29, 0.717) is 22.3 Å². The number of carbonyl (C=O) groups is 1. The predicted molar refractivity (Wildman–Crippen MR) is 82.2 cm³/mol. The molecule has 0 saturated carbocycles. The highest BCUT2D eigenvalue weighted by Crippen LogP contribution is 2.31. The van der Waals surface area contributed by atoms with E-state index in [0.717, 1.165) is 17.6 Å². The van der Waals surface area contributed by atoms with Crippen LogP contribution in [0.1, 0.15) is 41.3 Å². The fourth-order valence-corrected chi connectivity index (χ4v) is 2.06. The van der Waals surface area contributed by atoms with Crippen LogP contribution in [-0.4, -0.2) is 6.29 Å². The number of ether oxygens (including phenoxy) is 1. The van der Waals surface area contributed by atoms with Gasteiger partial charge in [0.25, 0.3) is 0 Å². The van der Waals surface area contributed by atoms with E-state index in [1.165, 1.54) is 5.56 Å².